The van der Waals surface area contributed by atoms with Crippen molar-refractivity contribution in [3.05, 3.63) is 30.1 Å². The fourth-order valence-electron chi connectivity index (χ4n) is 3.04. The number of carbonyl (C=O) groups is 3. The number of amides is 2. The molecule has 7 heteroatoms. The molecule has 7 nitrogen and oxygen atoms in total. The molecule has 2 atom stereocenters. The standard InChI is InChI=1S/C19H23N3O4/c1-2-4-16(19(25)26)21-17(23)13-15-5-3-11-22(18(15)24)12-8-14-6-9-20-10-7-14/h1,6-7,9-10,15-16H,3-5,8,11-13H2,(H,21,23)(H,25,26)/t15?,16-/m0/s1. The van der Waals surface area contributed by atoms with Crippen LogP contribution in [0.2, 0.25) is 0 Å². The van der Waals surface area contributed by atoms with Gasteiger partial charge >= 0.3 is 5.97 Å². The number of nitrogens with zero attached hydrogens (tertiary/aromatic N) is 2. The molecule has 138 valence electrons. The number of rotatable bonds is 8. The molecule has 1 aromatic heterocycles. The zero-order valence-electron chi connectivity index (χ0n) is 14.6. The van der Waals surface area contributed by atoms with Crippen LogP contribution in [0.3, 0.4) is 0 Å². The molecule has 26 heavy (non-hydrogen) atoms. The Kier molecular flexibility index (Phi) is 7.15. The zero-order chi connectivity index (χ0) is 18.9. The Hall–Kier alpha value is -2.88. The normalized spacial score (nSPS) is 18.0. The summed E-state index contributed by atoms with van der Waals surface area (Å²) in [5.74, 6) is 0.132. The van der Waals surface area contributed by atoms with Gasteiger partial charge in [0.1, 0.15) is 6.04 Å². The Morgan fingerprint density at radius 1 is 1.42 bits per heavy atom. The molecule has 1 aliphatic rings. The maximum atomic E-state index is 12.6. The Morgan fingerprint density at radius 2 is 2.15 bits per heavy atom. The number of hydrogen-bond acceptors (Lipinski definition) is 4. The molecule has 0 aliphatic carbocycles. The van der Waals surface area contributed by atoms with E-state index in [0.29, 0.717) is 19.5 Å². The van der Waals surface area contributed by atoms with Gasteiger partial charge in [-0.25, -0.2) is 4.79 Å². The SMILES string of the molecule is C#CC[C@H](NC(=O)CC1CCCN(CCc2ccncc2)C1=O)C(=O)O. The number of aliphatic carboxylic acids is 1. The van der Waals surface area contributed by atoms with E-state index in [1.807, 2.05) is 12.1 Å². The van der Waals surface area contributed by atoms with E-state index in [9.17, 15) is 14.4 Å². The van der Waals surface area contributed by atoms with E-state index >= 15 is 0 Å². The third-order valence-corrected chi connectivity index (χ3v) is 4.45. The molecule has 1 fully saturated rings. The first-order valence-electron chi connectivity index (χ1n) is 8.64. The van der Waals surface area contributed by atoms with Crippen LogP contribution in [0, 0.1) is 18.3 Å². The second-order valence-electron chi connectivity index (χ2n) is 6.34. The highest BCUT2D eigenvalue weighted by Crippen LogP contribution is 2.21. The monoisotopic (exact) mass is 357 g/mol. The highest BCUT2D eigenvalue weighted by Gasteiger charge is 2.31. The van der Waals surface area contributed by atoms with Crippen LogP contribution in [-0.4, -0.2) is 51.9 Å². The van der Waals surface area contributed by atoms with Crippen molar-refractivity contribution >= 4 is 17.8 Å². The summed E-state index contributed by atoms with van der Waals surface area (Å²) < 4.78 is 0. The van der Waals surface area contributed by atoms with Crippen LogP contribution in [-0.2, 0) is 20.8 Å². The van der Waals surface area contributed by atoms with Crippen LogP contribution in [0.25, 0.3) is 0 Å². The number of carboxylic acids is 1. The number of terminal acetylenes is 1. The van der Waals surface area contributed by atoms with E-state index in [1.54, 1.807) is 17.3 Å². The van der Waals surface area contributed by atoms with Gasteiger partial charge in [-0.05, 0) is 37.0 Å². The molecule has 0 bridgehead atoms. The lowest BCUT2D eigenvalue weighted by molar-refractivity contribution is -0.143. The van der Waals surface area contributed by atoms with E-state index in [1.165, 1.54) is 0 Å². The Morgan fingerprint density at radius 3 is 2.81 bits per heavy atom. The van der Waals surface area contributed by atoms with Crippen LogP contribution in [0.15, 0.2) is 24.5 Å². The average molecular weight is 357 g/mol. The minimum absolute atomic E-state index is 0.0149. The van der Waals surface area contributed by atoms with Gasteiger partial charge in [0, 0.05) is 44.2 Å². The highest BCUT2D eigenvalue weighted by molar-refractivity contribution is 5.88. The zero-order valence-corrected chi connectivity index (χ0v) is 14.6. The fourth-order valence-corrected chi connectivity index (χ4v) is 3.04. The van der Waals surface area contributed by atoms with Gasteiger partial charge in [0.2, 0.25) is 11.8 Å². The van der Waals surface area contributed by atoms with Gasteiger partial charge in [-0.1, -0.05) is 0 Å². The Bertz CT molecular complexity index is 684. The first kappa shape index (κ1) is 19.4. The third kappa shape index (κ3) is 5.59. The van der Waals surface area contributed by atoms with Crippen molar-refractivity contribution in [2.24, 2.45) is 5.92 Å². The molecule has 2 rings (SSSR count). The van der Waals surface area contributed by atoms with E-state index in [0.717, 1.165) is 18.4 Å². The van der Waals surface area contributed by atoms with Gasteiger partial charge in [-0.3, -0.25) is 14.6 Å². The minimum Gasteiger partial charge on any atom is -0.480 e. The summed E-state index contributed by atoms with van der Waals surface area (Å²) in [5, 5.41) is 11.4. The van der Waals surface area contributed by atoms with E-state index in [2.05, 4.69) is 16.2 Å². The average Bonchev–Trinajstić information content (AvgIpc) is 2.63. The second kappa shape index (κ2) is 9.56. The third-order valence-electron chi connectivity index (χ3n) is 4.45. The number of pyridine rings is 1. The maximum Gasteiger partial charge on any atom is 0.327 e. The van der Waals surface area contributed by atoms with Gasteiger partial charge in [-0.15, -0.1) is 12.3 Å². The van der Waals surface area contributed by atoms with Gasteiger partial charge < -0.3 is 15.3 Å². The van der Waals surface area contributed by atoms with Crippen molar-refractivity contribution in [1.82, 2.24) is 15.2 Å². The van der Waals surface area contributed by atoms with Gasteiger partial charge in [0.25, 0.3) is 0 Å². The Balaban J connectivity index is 1.87. The lowest BCUT2D eigenvalue weighted by Crippen LogP contribution is -2.46. The number of aromatic nitrogens is 1. The van der Waals surface area contributed by atoms with Crippen molar-refractivity contribution in [2.75, 3.05) is 13.1 Å². The molecular formula is C19H23N3O4. The van der Waals surface area contributed by atoms with E-state index in [-0.39, 0.29) is 18.7 Å². The number of likely N-dealkylation sites (tertiary alicyclic amines) is 1. The second-order valence-corrected chi connectivity index (χ2v) is 6.34. The van der Waals surface area contributed by atoms with Crippen molar-refractivity contribution in [1.29, 1.82) is 0 Å². The molecule has 1 aliphatic heterocycles. The summed E-state index contributed by atoms with van der Waals surface area (Å²) in [4.78, 5) is 41.5. The van der Waals surface area contributed by atoms with Crippen LogP contribution in [0.1, 0.15) is 31.2 Å². The predicted molar refractivity (Wildman–Crippen MR) is 94.9 cm³/mol. The highest BCUT2D eigenvalue weighted by atomic mass is 16.4. The molecule has 0 radical (unpaired) electrons. The summed E-state index contributed by atoms with van der Waals surface area (Å²) >= 11 is 0. The quantitative estimate of drug-likeness (QED) is 0.672. The fraction of sp³-hybridized carbons (Fsp3) is 0.474. The molecule has 2 amide bonds. The first-order valence-corrected chi connectivity index (χ1v) is 8.64. The van der Waals surface area contributed by atoms with Crippen molar-refractivity contribution in [3.8, 4) is 12.3 Å². The molecular weight excluding hydrogens is 334 g/mol. The molecule has 1 saturated heterocycles. The smallest absolute Gasteiger partial charge is 0.327 e. The molecule has 2 N–H and O–H groups in total. The number of nitrogens with one attached hydrogen (secondary N) is 1. The summed E-state index contributed by atoms with van der Waals surface area (Å²) in [5.41, 5.74) is 1.10. The summed E-state index contributed by atoms with van der Waals surface area (Å²) in [7, 11) is 0. The number of hydrogen-bond donors (Lipinski definition) is 2. The van der Waals surface area contributed by atoms with Crippen LogP contribution in [0.4, 0.5) is 0 Å². The molecule has 1 unspecified atom stereocenters. The van der Waals surface area contributed by atoms with Gasteiger partial charge in [0.15, 0.2) is 0 Å². The van der Waals surface area contributed by atoms with Gasteiger partial charge in [0.05, 0.1) is 0 Å². The van der Waals surface area contributed by atoms with Crippen LogP contribution >= 0.6 is 0 Å². The summed E-state index contributed by atoms with van der Waals surface area (Å²) in [6, 6.07) is 2.71. The molecule has 1 aromatic rings. The van der Waals surface area contributed by atoms with Crippen molar-refractivity contribution < 1.29 is 19.5 Å². The van der Waals surface area contributed by atoms with E-state index < -0.39 is 23.8 Å². The maximum absolute atomic E-state index is 12.6. The molecule has 0 aromatic carbocycles. The lowest BCUT2D eigenvalue weighted by atomic mass is 9.93. The van der Waals surface area contributed by atoms with Crippen molar-refractivity contribution in [2.45, 2.75) is 38.1 Å². The predicted octanol–water partition coefficient (Wildman–Crippen LogP) is 0.845. The van der Waals surface area contributed by atoms with Crippen LogP contribution in [0.5, 0.6) is 0 Å². The number of carbonyl (C=O) groups excluding carboxylic acids is 2. The van der Waals surface area contributed by atoms with Crippen molar-refractivity contribution in [3.63, 3.8) is 0 Å². The Labute approximate surface area is 152 Å². The number of piperidine rings is 1. The minimum atomic E-state index is -1.18. The molecule has 0 spiro atoms. The summed E-state index contributed by atoms with van der Waals surface area (Å²) in [6.45, 7) is 1.27. The van der Waals surface area contributed by atoms with Crippen LogP contribution < -0.4 is 5.32 Å². The number of carboxylic acid groups (broad SMARTS) is 1. The molecule has 0 saturated carbocycles. The molecule has 2 heterocycles. The summed E-state index contributed by atoms with van der Waals surface area (Å²) in [6.07, 6.45) is 10.6. The van der Waals surface area contributed by atoms with E-state index in [4.69, 9.17) is 11.5 Å². The van der Waals surface area contributed by atoms with Gasteiger partial charge in [-0.2, -0.15) is 0 Å². The first-order chi connectivity index (χ1) is 12.5. The largest absolute Gasteiger partial charge is 0.480 e. The topological polar surface area (TPSA) is 99.6 Å². The lowest BCUT2D eigenvalue weighted by Gasteiger charge is -2.32.